The molecule has 0 aliphatic heterocycles. The molecule has 0 bridgehead atoms. The molecule has 8 nitrogen and oxygen atoms in total. The average Bonchev–Trinajstić information content (AvgIpc) is 3.40. The van der Waals surface area contributed by atoms with Gasteiger partial charge < -0.3 is 10.3 Å². The van der Waals surface area contributed by atoms with Crippen LogP contribution in [0.25, 0.3) is 22.6 Å². The van der Waals surface area contributed by atoms with Crippen LogP contribution < -0.4 is 5.73 Å². The number of carbonyl (C=O) groups is 1. The average molecular weight is 482 g/mol. The minimum atomic E-state index is -5.03. The summed E-state index contributed by atoms with van der Waals surface area (Å²) in [6.45, 7) is -0.509. The van der Waals surface area contributed by atoms with Gasteiger partial charge in [-0.15, -0.1) is 0 Å². The van der Waals surface area contributed by atoms with Gasteiger partial charge in [-0.3, -0.25) is 14.5 Å². The number of primary amides is 1. The lowest BCUT2D eigenvalue weighted by molar-refractivity contribution is -0.143. The van der Waals surface area contributed by atoms with E-state index in [1.807, 2.05) is 0 Å². The Morgan fingerprint density at radius 1 is 1.06 bits per heavy atom. The highest BCUT2D eigenvalue weighted by Crippen LogP contribution is 2.38. The van der Waals surface area contributed by atoms with Crippen LogP contribution in [0.3, 0.4) is 0 Å². The summed E-state index contributed by atoms with van der Waals surface area (Å²) >= 11 is 0. The number of rotatable bonds is 5. The molecule has 0 atom stereocenters. The van der Waals surface area contributed by atoms with Crippen LogP contribution in [0.1, 0.15) is 27.2 Å². The van der Waals surface area contributed by atoms with E-state index >= 15 is 0 Å². The highest BCUT2D eigenvalue weighted by atomic mass is 19.4. The molecule has 2 N–H and O–H groups in total. The molecule has 0 saturated carbocycles. The van der Waals surface area contributed by atoms with E-state index in [0.29, 0.717) is 6.07 Å². The number of nitrogens with two attached hydrogens (primary N) is 1. The maximum Gasteiger partial charge on any atom is 0.416 e. The zero-order chi connectivity index (χ0) is 24.7. The lowest BCUT2D eigenvalue weighted by Crippen LogP contribution is -2.15. The Balaban J connectivity index is 1.74. The topological polar surface area (TPSA) is 113 Å². The molecule has 3 heterocycles. The summed E-state index contributed by atoms with van der Waals surface area (Å²) in [5.74, 6) is -0.921. The molecule has 4 rings (SSSR count). The Morgan fingerprint density at radius 2 is 1.82 bits per heavy atom. The lowest BCUT2D eigenvalue weighted by Gasteiger charge is -2.16. The second-order valence-electron chi connectivity index (χ2n) is 6.98. The quantitative estimate of drug-likeness (QED) is 0.427. The summed E-state index contributed by atoms with van der Waals surface area (Å²) in [4.78, 5) is 19.8. The predicted molar refractivity (Wildman–Crippen MR) is 103 cm³/mol. The van der Waals surface area contributed by atoms with Gasteiger partial charge in [0.25, 0.3) is 5.91 Å². The number of benzene rings is 1. The van der Waals surface area contributed by atoms with Crippen molar-refractivity contribution >= 4 is 5.91 Å². The first-order valence-corrected chi connectivity index (χ1v) is 9.31. The first-order valence-electron chi connectivity index (χ1n) is 9.31. The number of aromatic nitrogens is 5. The van der Waals surface area contributed by atoms with Gasteiger partial charge in [-0.25, -0.2) is 4.98 Å². The zero-order valence-corrected chi connectivity index (χ0v) is 16.7. The zero-order valence-electron chi connectivity index (χ0n) is 16.7. The summed E-state index contributed by atoms with van der Waals surface area (Å²) in [7, 11) is 0. The standard InChI is InChI=1S/C20H12F6N6O2/c21-19(22,23)12-2-1-10(13(5-12)20(24,25)26)8-32-9-11(6-30-32)15-16(18(27)33)31-34-17(15)14-7-28-3-4-29-14/h1-7,9H,8H2,(H2,27,33). The van der Waals surface area contributed by atoms with Crippen molar-refractivity contribution in [3.05, 3.63) is 71.6 Å². The van der Waals surface area contributed by atoms with E-state index in [-0.39, 0.29) is 34.3 Å². The summed E-state index contributed by atoms with van der Waals surface area (Å²) in [5.41, 5.74) is 2.26. The lowest BCUT2D eigenvalue weighted by atomic mass is 10.0. The van der Waals surface area contributed by atoms with Gasteiger partial charge in [-0.05, 0) is 17.7 Å². The van der Waals surface area contributed by atoms with Gasteiger partial charge in [-0.2, -0.15) is 31.4 Å². The van der Waals surface area contributed by atoms with E-state index in [9.17, 15) is 31.1 Å². The third-order valence-corrected chi connectivity index (χ3v) is 4.72. The molecule has 0 aliphatic rings. The van der Waals surface area contributed by atoms with Crippen LogP contribution in [-0.4, -0.2) is 30.8 Å². The second-order valence-corrected chi connectivity index (χ2v) is 6.98. The maximum absolute atomic E-state index is 13.4. The van der Waals surface area contributed by atoms with Gasteiger partial charge >= 0.3 is 12.4 Å². The van der Waals surface area contributed by atoms with Gasteiger partial charge in [0.15, 0.2) is 11.5 Å². The molecular weight excluding hydrogens is 470 g/mol. The number of carbonyl (C=O) groups excluding carboxylic acids is 1. The van der Waals surface area contributed by atoms with Crippen molar-refractivity contribution in [2.24, 2.45) is 5.73 Å². The van der Waals surface area contributed by atoms with Crippen molar-refractivity contribution in [3.63, 3.8) is 0 Å². The Labute approximate surface area is 186 Å². The van der Waals surface area contributed by atoms with Crippen LogP contribution in [0.15, 0.2) is 53.7 Å². The fourth-order valence-electron chi connectivity index (χ4n) is 3.23. The summed E-state index contributed by atoms with van der Waals surface area (Å²) in [5, 5.41) is 7.60. The van der Waals surface area contributed by atoms with E-state index in [1.54, 1.807) is 0 Å². The Hall–Kier alpha value is -4.23. The molecule has 34 heavy (non-hydrogen) atoms. The van der Waals surface area contributed by atoms with Gasteiger partial charge in [0.05, 0.1) is 35.6 Å². The minimum absolute atomic E-state index is 0.0203. The SMILES string of the molecule is NC(=O)c1noc(-c2cnccn2)c1-c1cnn(Cc2ccc(C(F)(F)F)cc2C(F)(F)F)c1. The van der Waals surface area contributed by atoms with Gasteiger partial charge in [0.2, 0.25) is 0 Å². The van der Waals surface area contributed by atoms with Crippen LogP contribution in [0.2, 0.25) is 0 Å². The van der Waals surface area contributed by atoms with E-state index in [1.165, 1.54) is 31.0 Å². The van der Waals surface area contributed by atoms with Crippen molar-refractivity contribution < 1.29 is 35.7 Å². The van der Waals surface area contributed by atoms with Crippen molar-refractivity contribution in [1.29, 1.82) is 0 Å². The van der Waals surface area contributed by atoms with E-state index in [4.69, 9.17) is 10.3 Å². The highest BCUT2D eigenvalue weighted by molar-refractivity contribution is 6.00. The van der Waals surface area contributed by atoms with Gasteiger partial charge in [0.1, 0.15) is 5.69 Å². The fraction of sp³-hybridized carbons (Fsp3) is 0.150. The molecule has 3 aromatic heterocycles. The predicted octanol–water partition coefficient (Wildman–Crippen LogP) is 4.18. The van der Waals surface area contributed by atoms with Gasteiger partial charge in [0, 0.05) is 24.2 Å². The first kappa shape index (κ1) is 22.9. The first-order chi connectivity index (χ1) is 15.9. The smallest absolute Gasteiger partial charge is 0.364 e. The van der Waals surface area contributed by atoms with Crippen LogP contribution in [-0.2, 0) is 18.9 Å². The van der Waals surface area contributed by atoms with Crippen LogP contribution in [0, 0.1) is 0 Å². The fourth-order valence-corrected chi connectivity index (χ4v) is 3.23. The maximum atomic E-state index is 13.4. The van der Waals surface area contributed by atoms with Crippen LogP contribution in [0.5, 0.6) is 0 Å². The van der Waals surface area contributed by atoms with Crippen molar-refractivity contribution in [2.75, 3.05) is 0 Å². The van der Waals surface area contributed by atoms with Crippen LogP contribution in [0.4, 0.5) is 26.3 Å². The number of alkyl halides is 6. The van der Waals surface area contributed by atoms with Crippen LogP contribution >= 0.6 is 0 Å². The molecular formula is C20H12F6N6O2. The third-order valence-electron chi connectivity index (χ3n) is 4.72. The summed E-state index contributed by atoms with van der Waals surface area (Å²) in [6.07, 6.45) is -3.38. The van der Waals surface area contributed by atoms with Crippen molar-refractivity contribution in [1.82, 2.24) is 24.9 Å². The molecule has 0 fully saturated rings. The molecule has 0 radical (unpaired) electrons. The number of halogens is 6. The van der Waals surface area contributed by atoms with E-state index in [0.717, 1.165) is 10.7 Å². The largest absolute Gasteiger partial charge is 0.416 e. The summed E-state index contributed by atoms with van der Waals surface area (Å²) in [6, 6.07) is 1.36. The highest BCUT2D eigenvalue weighted by Gasteiger charge is 2.38. The second kappa shape index (κ2) is 8.28. The molecule has 14 heteroatoms. The van der Waals surface area contributed by atoms with E-state index in [2.05, 4.69) is 20.2 Å². The molecule has 0 aliphatic carbocycles. The van der Waals surface area contributed by atoms with E-state index < -0.39 is 41.5 Å². The molecule has 0 unspecified atom stereocenters. The molecule has 4 aromatic rings. The Bertz CT molecular complexity index is 1340. The normalized spacial score (nSPS) is 12.2. The number of hydrogen-bond acceptors (Lipinski definition) is 6. The third kappa shape index (κ3) is 4.46. The summed E-state index contributed by atoms with van der Waals surface area (Å²) < 4.78 is 85.3. The molecule has 1 aromatic carbocycles. The molecule has 1 amide bonds. The molecule has 176 valence electrons. The molecule has 0 saturated heterocycles. The number of amides is 1. The Morgan fingerprint density at radius 3 is 2.44 bits per heavy atom. The number of hydrogen-bond donors (Lipinski definition) is 1. The van der Waals surface area contributed by atoms with Gasteiger partial charge in [-0.1, -0.05) is 11.2 Å². The minimum Gasteiger partial charge on any atom is -0.364 e. The Kier molecular flexibility index (Phi) is 5.59. The van der Waals surface area contributed by atoms with Crippen molar-refractivity contribution in [3.8, 4) is 22.6 Å². The monoisotopic (exact) mass is 482 g/mol. The van der Waals surface area contributed by atoms with Crippen molar-refractivity contribution in [2.45, 2.75) is 18.9 Å². The number of nitrogens with zero attached hydrogens (tertiary/aromatic N) is 5. The molecule has 0 spiro atoms.